The summed E-state index contributed by atoms with van der Waals surface area (Å²) in [6, 6.07) is 10.2. The lowest BCUT2D eigenvalue weighted by atomic mass is 10.1. The zero-order valence-electron chi connectivity index (χ0n) is 10.8. The average molecular weight is 245 g/mol. The summed E-state index contributed by atoms with van der Waals surface area (Å²) in [7, 11) is 3.74. The van der Waals surface area contributed by atoms with Gasteiger partial charge in [-0.15, -0.1) is 10.2 Å². The number of anilines is 1. The van der Waals surface area contributed by atoms with Crippen LogP contribution in [0.4, 0.5) is 5.95 Å². The van der Waals surface area contributed by atoms with Crippen LogP contribution in [0.3, 0.4) is 0 Å². The standard InChI is InChI=1S/C13H19N5/c1-15-13-17-16-12(18(13)2)11(14)9-8-10-6-4-3-5-7-10/h3-7,11H,8-9,14H2,1-2H3,(H,15,17)/t11-/m0/s1. The van der Waals surface area contributed by atoms with Gasteiger partial charge in [-0.05, 0) is 18.4 Å². The number of aromatic nitrogens is 3. The van der Waals surface area contributed by atoms with Crippen LogP contribution in [-0.2, 0) is 13.5 Å². The highest BCUT2D eigenvalue weighted by Gasteiger charge is 2.14. The minimum Gasteiger partial charge on any atom is -0.357 e. The highest BCUT2D eigenvalue weighted by Crippen LogP contribution is 2.16. The van der Waals surface area contributed by atoms with Crippen molar-refractivity contribution in [2.75, 3.05) is 12.4 Å². The summed E-state index contributed by atoms with van der Waals surface area (Å²) in [4.78, 5) is 0. The Kier molecular flexibility index (Phi) is 3.94. The molecule has 0 fully saturated rings. The van der Waals surface area contributed by atoms with Crippen molar-refractivity contribution in [3.63, 3.8) is 0 Å². The molecular weight excluding hydrogens is 226 g/mol. The molecule has 0 aliphatic heterocycles. The summed E-state index contributed by atoms with van der Waals surface area (Å²) in [5, 5.41) is 11.1. The molecule has 0 aliphatic carbocycles. The van der Waals surface area contributed by atoms with E-state index < -0.39 is 0 Å². The van der Waals surface area contributed by atoms with Gasteiger partial charge in [0.2, 0.25) is 5.95 Å². The number of nitrogens with one attached hydrogen (secondary N) is 1. The third-order valence-electron chi connectivity index (χ3n) is 3.05. The summed E-state index contributed by atoms with van der Waals surface area (Å²) in [6.07, 6.45) is 1.81. The first-order valence-electron chi connectivity index (χ1n) is 6.09. The molecule has 0 saturated heterocycles. The quantitative estimate of drug-likeness (QED) is 0.837. The van der Waals surface area contributed by atoms with Crippen LogP contribution in [0.15, 0.2) is 30.3 Å². The molecule has 0 amide bonds. The van der Waals surface area contributed by atoms with Crippen LogP contribution in [-0.4, -0.2) is 21.8 Å². The lowest BCUT2D eigenvalue weighted by Crippen LogP contribution is -2.16. The Balaban J connectivity index is 1.99. The minimum absolute atomic E-state index is 0.0928. The van der Waals surface area contributed by atoms with Gasteiger partial charge in [-0.25, -0.2) is 0 Å². The monoisotopic (exact) mass is 245 g/mol. The van der Waals surface area contributed by atoms with Gasteiger partial charge in [0.15, 0.2) is 5.82 Å². The SMILES string of the molecule is CNc1nnc([C@@H](N)CCc2ccccc2)n1C. The largest absolute Gasteiger partial charge is 0.357 e. The van der Waals surface area contributed by atoms with Crippen LogP contribution in [0.1, 0.15) is 23.9 Å². The van der Waals surface area contributed by atoms with Crippen molar-refractivity contribution < 1.29 is 0 Å². The molecule has 0 aliphatic rings. The lowest BCUT2D eigenvalue weighted by molar-refractivity contribution is 0.587. The predicted molar refractivity (Wildman–Crippen MR) is 72.2 cm³/mol. The van der Waals surface area contributed by atoms with E-state index in [0.29, 0.717) is 0 Å². The van der Waals surface area contributed by atoms with Crippen molar-refractivity contribution in [1.29, 1.82) is 0 Å². The van der Waals surface area contributed by atoms with Gasteiger partial charge in [0.25, 0.3) is 0 Å². The van der Waals surface area contributed by atoms with E-state index in [1.807, 2.05) is 36.9 Å². The number of hydrogen-bond donors (Lipinski definition) is 2. The Hall–Kier alpha value is -1.88. The number of hydrogen-bond acceptors (Lipinski definition) is 4. The van der Waals surface area contributed by atoms with E-state index in [9.17, 15) is 0 Å². The second-order valence-electron chi connectivity index (χ2n) is 4.32. The van der Waals surface area contributed by atoms with Gasteiger partial charge in [-0.2, -0.15) is 0 Å². The molecule has 0 radical (unpaired) electrons. The predicted octanol–water partition coefficient (Wildman–Crippen LogP) is 1.49. The third kappa shape index (κ3) is 2.68. The number of benzene rings is 1. The molecule has 1 aromatic heterocycles. The van der Waals surface area contributed by atoms with E-state index in [-0.39, 0.29) is 6.04 Å². The van der Waals surface area contributed by atoms with Crippen LogP contribution in [0, 0.1) is 0 Å². The van der Waals surface area contributed by atoms with Gasteiger partial charge in [-0.3, -0.25) is 4.57 Å². The third-order valence-corrected chi connectivity index (χ3v) is 3.05. The van der Waals surface area contributed by atoms with Crippen molar-refractivity contribution in [2.24, 2.45) is 12.8 Å². The zero-order valence-corrected chi connectivity index (χ0v) is 10.8. The van der Waals surface area contributed by atoms with Gasteiger partial charge in [0, 0.05) is 14.1 Å². The maximum Gasteiger partial charge on any atom is 0.224 e. The first-order valence-corrected chi connectivity index (χ1v) is 6.09. The second-order valence-corrected chi connectivity index (χ2v) is 4.32. The van der Waals surface area contributed by atoms with Crippen molar-refractivity contribution in [3.8, 4) is 0 Å². The van der Waals surface area contributed by atoms with Gasteiger partial charge >= 0.3 is 0 Å². The Morgan fingerprint density at radius 3 is 2.61 bits per heavy atom. The molecule has 1 aromatic carbocycles. The Morgan fingerprint density at radius 2 is 2.00 bits per heavy atom. The molecule has 5 heteroatoms. The van der Waals surface area contributed by atoms with Gasteiger partial charge < -0.3 is 11.1 Å². The zero-order chi connectivity index (χ0) is 13.0. The molecule has 1 atom stereocenters. The van der Waals surface area contributed by atoms with E-state index >= 15 is 0 Å². The number of nitrogens with two attached hydrogens (primary N) is 1. The van der Waals surface area contributed by atoms with Gasteiger partial charge in [-0.1, -0.05) is 30.3 Å². The number of nitrogens with zero attached hydrogens (tertiary/aromatic N) is 3. The highest BCUT2D eigenvalue weighted by atomic mass is 15.3. The molecular formula is C13H19N5. The molecule has 96 valence electrons. The fourth-order valence-electron chi connectivity index (χ4n) is 1.98. The van der Waals surface area contributed by atoms with E-state index in [1.165, 1.54) is 5.56 Å². The van der Waals surface area contributed by atoms with Crippen molar-refractivity contribution in [3.05, 3.63) is 41.7 Å². The minimum atomic E-state index is -0.0928. The van der Waals surface area contributed by atoms with Crippen LogP contribution < -0.4 is 11.1 Å². The van der Waals surface area contributed by atoms with Crippen LogP contribution >= 0.6 is 0 Å². The van der Waals surface area contributed by atoms with Crippen LogP contribution in [0.5, 0.6) is 0 Å². The number of aryl methyl sites for hydroxylation is 1. The topological polar surface area (TPSA) is 68.8 Å². The van der Waals surface area contributed by atoms with Crippen molar-refractivity contribution in [1.82, 2.24) is 14.8 Å². The second kappa shape index (κ2) is 5.64. The average Bonchev–Trinajstić information content (AvgIpc) is 2.78. The summed E-state index contributed by atoms with van der Waals surface area (Å²) in [5.74, 6) is 1.55. The maximum absolute atomic E-state index is 6.16. The Bertz CT molecular complexity index is 491. The molecule has 18 heavy (non-hydrogen) atoms. The molecule has 2 aromatic rings. The first kappa shape index (κ1) is 12.6. The number of rotatable bonds is 5. The fourth-order valence-corrected chi connectivity index (χ4v) is 1.98. The first-order chi connectivity index (χ1) is 8.72. The fraction of sp³-hybridized carbons (Fsp3) is 0.385. The lowest BCUT2D eigenvalue weighted by Gasteiger charge is -2.11. The maximum atomic E-state index is 6.16. The molecule has 2 rings (SSSR count). The van der Waals surface area contributed by atoms with E-state index in [2.05, 4.69) is 27.6 Å². The molecule has 5 nitrogen and oxygen atoms in total. The van der Waals surface area contributed by atoms with Crippen molar-refractivity contribution in [2.45, 2.75) is 18.9 Å². The summed E-state index contributed by atoms with van der Waals surface area (Å²) < 4.78 is 1.90. The van der Waals surface area contributed by atoms with Gasteiger partial charge in [0.1, 0.15) is 0 Å². The van der Waals surface area contributed by atoms with Gasteiger partial charge in [0.05, 0.1) is 6.04 Å². The Morgan fingerprint density at radius 1 is 1.28 bits per heavy atom. The summed E-state index contributed by atoms with van der Waals surface area (Å²) in [6.45, 7) is 0. The van der Waals surface area contributed by atoms with E-state index in [4.69, 9.17) is 5.73 Å². The smallest absolute Gasteiger partial charge is 0.224 e. The normalized spacial score (nSPS) is 12.4. The summed E-state index contributed by atoms with van der Waals surface area (Å²) in [5.41, 5.74) is 7.46. The highest BCUT2D eigenvalue weighted by molar-refractivity contribution is 5.24. The van der Waals surface area contributed by atoms with E-state index in [1.54, 1.807) is 0 Å². The molecule has 0 saturated carbocycles. The molecule has 0 bridgehead atoms. The Labute approximate surface area is 107 Å². The van der Waals surface area contributed by atoms with E-state index in [0.717, 1.165) is 24.6 Å². The van der Waals surface area contributed by atoms with Crippen LogP contribution in [0.25, 0.3) is 0 Å². The van der Waals surface area contributed by atoms with Crippen molar-refractivity contribution >= 4 is 5.95 Å². The molecule has 3 N–H and O–H groups in total. The summed E-state index contributed by atoms with van der Waals surface area (Å²) >= 11 is 0. The molecule has 0 spiro atoms. The molecule has 1 heterocycles. The van der Waals surface area contributed by atoms with Crippen LogP contribution in [0.2, 0.25) is 0 Å². The molecule has 0 unspecified atom stereocenters.